The van der Waals surface area contributed by atoms with E-state index in [1.54, 1.807) is 24.0 Å². The summed E-state index contributed by atoms with van der Waals surface area (Å²) in [6, 6.07) is 17.8. The number of fused-ring (bicyclic) bond motifs is 1. The Hall–Kier alpha value is -3.72. The van der Waals surface area contributed by atoms with Crippen molar-refractivity contribution in [2.24, 2.45) is 0 Å². The zero-order chi connectivity index (χ0) is 24.6. The number of carbonyl (C=O) groups is 1. The van der Waals surface area contributed by atoms with Gasteiger partial charge in [0.2, 0.25) is 0 Å². The number of piperidine rings is 1. The van der Waals surface area contributed by atoms with Crippen LogP contribution in [0.25, 0.3) is 11.0 Å². The normalized spacial score (nSPS) is 14.9. The van der Waals surface area contributed by atoms with Crippen molar-refractivity contribution < 1.29 is 17.6 Å². The van der Waals surface area contributed by atoms with Gasteiger partial charge in [-0.2, -0.15) is 0 Å². The second kappa shape index (κ2) is 9.14. The van der Waals surface area contributed by atoms with Gasteiger partial charge >= 0.3 is 0 Å². The smallest absolute Gasteiger partial charge is 0.262 e. The van der Waals surface area contributed by atoms with Crippen LogP contribution in [0.15, 0.2) is 71.6 Å². The summed E-state index contributed by atoms with van der Waals surface area (Å²) in [7, 11) is -4.07. The van der Waals surface area contributed by atoms with Crippen molar-refractivity contribution >= 4 is 32.7 Å². The Morgan fingerprint density at radius 3 is 2.51 bits per heavy atom. The average molecular weight is 493 g/mol. The fourth-order valence-electron chi connectivity index (χ4n) is 4.44. The minimum Gasteiger partial charge on any atom is -0.342 e. The van der Waals surface area contributed by atoms with E-state index in [9.17, 15) is 17.6 Å². The van der Waals surface area contributed by atoms with E-state index in [0.717, 1.165) is 29.7 Å². The number of nitrogens with zero attached hydrogens (tertiary/aromatic N) is 2. The maximum absolute atomic E-state index is 14.0. The van der Waals surface area contributed by atoms with E-state index in [4.69, 9.17) is 4.98 Å². The Kier molecular flexibility index (Phi) is 6.02. The molecule has 9 heteroatoms. The largest absolute Gasteiger partial charge is 0.342 e. The number of aromatic amines is 1. The highest BCUT2D eigenvalue weighted by atomic mass is 32.2. The Morgan fingerprint density at radius 2 is 1.77 bits per heavy atom. The first-order valence-corrected chi connectivity index (χ1v) is 12.9. The lowest BCUT2D eigenvalue weighted by Gasteiger charge is -2.31. The molecule has 2 N–H and O–H groups in total. The van der Waals surface area contributed by atoms with Gasteiger partial charge < -0.3 is 9.88 Å². The van der Waals surface area contributed by atoms with Gasteiger partial charge in [-0.05, 0) is 61.7 Å². The van der Waals surface area contributed by atoms with Crippen LogP contribution in [0.3, 0.4) is 0 Å². The molecule has 0 bridgehead atoms. The lowest BCUT2D eigenvalue weighted by molar-refractivity contribution is 0.0710. The molecule has 0 aliphatic carbocycles. The fraction of sp³-hybridized carbons (Fsp3) is 0.231. The van der Waals surface area contributed by atoms with E-state index in [1.165, 1.54) is 30.3 Å². The lowest BCUT2D eigenvalue weighted by Crippen LogP contribution is -2.38. The molecular weight excluding hydrogens is 467 g/mol. The monoisotopic (exact) mass is 492 g/mol. The zero-order valence-electron chi connectivity index (χ0n) is 19.2. The van der Waals surface area contributed by atoms with Crippen molar-refractivity contribution in [1.29, 1.82) is 0 Å². The number of hydrogen-bond acceptors (Lipinski definition) is 4. The molecule has 0 unspecified atom stereocenters. The van der Waals surface area contributed by atoms with E-state index < -0.39 is 15.8 Å². The van der Waals surface area contributed by atoms with E-state index in [0.29, 0.717) is 24.2 Å². The van der Waals surface area contributed by atoms with E-state index >= 15 is 0 Å². The van der Waals surface area contributed by atoms with Crippen molar-refractivity contribution in [1.82, 2.24) is 14.9 Å². The second-order valence-corrected chi connectivity index (χ2v) is 10.5. The highest BCUT2D eigenvalue weighted by molar-refractivity contribution is 7.92. The van der Waals surface area contributed by atoms with Crippen molar-refractivity contribution in [3.63, 3.8) is 0 Å². The molecule has 3 aromatic carbocycles. The van der Waals surface area contributed by atoms with E-state index in [2.05, 4.69) is 9.71 Å². The lowest BCUT2D eigenvalue weighted by atomic mass is 9.95. The average Bonchev–Trinajstić information content (AvgIpc) is 3.30. The standard InChI is InChI=1S/C26H25FN4O3S/c1-17-10-11-19(35(33,34)30-22-7-3-2-6-21(22)27)16-20(17)26(32)31-14-12-18(13-15-31)25-28-23-8-4-5-9-24(23)29-25/h2-11,16,18,30H,12-15H2,1H3,(H,28,29). The first-order valence-electron chi connectivity index (χ1n) is 11.4. The van der Waals surface area contributed by atoms with Gasteiger partial charge in [-0.15, -0.1) is 0 Å². The number of amides is 1. The summed E-state index contributed by atoms with van der Waals surface area (Å²) in [5.74, 6) is 0.270. The van der Waals surface area contributed by atoms with Gasteiger partial charge in [-0.3, -0.25) is 9.52 Å². The highest BCUT2D eigenvalue weighted by Crippen LogP contribution is 2.29. The van der Waals surface area contributed by atoms with Gasteiger partial charge in [0.1, 0.15) is 11.6 Å². The van der Waals surface area contributed by atoms with Crippen LogP contribution >= 0.6 is 0 Å². The fourth-order valence-corrected chi connectivity index (χ4v) is 5.53. The van der Waals surface area contributed by atoms with Gasteiger partial charge in [-0.25, -0.2) is 17.8 Å². The van der Waals surface area contributed by atoms with Crippen molar-refractivity contribution in [2.75, 3.05) is 17.8 Å². The van der Waals surface area contributed by atoms with Gasteiger partial charge in [0, 0.05) is 24.6 Å². The quantitative estimate of drug-likeness (QED) is 0.417. The molecule has 35 heavy (non-hydrogen) atoms. The van der Waals surface area contributed by atoms with Crippen LogP contribution in [0.4, 0.5) is 10.1 Å². The van der Waals surface area contributed by atoms with Crippen molar-refractivity contribution in [3.8, 4) is 0 Å². The molecule has 1 aromatic heterocycles. The molecule has 4 aromatic rings. The summed E-state index contributed by atoms with van der Waals surface area (Å²) in [6.07, 6.45) is 1.52. The summed E-state index contributed by atoms with van der Waals surface area (Å²) in [5, 5.41) is 0. The zero-order valence-corrected chi connectivity index (χ0v) is 20.0. The van der Waals surface area contributed by atoms with Crippen LogP contribution in [0, 0.1) is 12.7 Å². The third-order valence-electron chi connectivity index (χ3n) is 6.44. The first-order chi connectivity index (χ1) is 16.8. The number of rotatable bonds is 5. The SMILES string of the molecule is Cc1ccc(S(=O)(=O)Nc2ccccc2F)cc1C(=O)N1CCC(c2nc3ccccc3[nH]2)CC1. The summed E-state index contributed by atoms with van der Waals surface area (Å²) in [6.45, 7) is 2.87. The third-order valence-corrected chi connectivity index (χ3v) is 7.81. The van der Waals surface area contributed by atoms with E-state index in [1.807, 2.05) is 24.3 Å². The molecule has 1 aliphatic heterocycles. The first kappa shape index (κ1) is 23.0. The Morgan fingerprint density at radius 1 is 1.06 bits per heavy atom. The van der Waals surface area contributed by atoms with Crippen LogP contribution in [0.1, 0.15) is 40.5 Å². The van der Waals surface area contributed by atoms with Crippen LogP contribution < -0.4 is 4.72 Å². The number of halogens is 1. The van der Waals surface area contributed by atoms with Crippen LogP contribution in [0.5, 0.6) is 0 Å². The summed E-state index contributed by atoms with van der Waals surface area (Å²) in [4.78, 5) is 23.1. The van der Waals surface area contributed by atoms with Crippen molar-refractivity contribution in [3.05, 3.63) is 89.5 Å². The molecule has 7 nitrogen and oxygen atoms in total. The number of carbonyl (C=O) groups excluding carboxylic acids is 1. The number of hydrogen-bond donors (Lipinski definition) is 2. The topological polar surface area (TPSA) is 95.2 Å². The minimum atomic E-state index is -4.07. The minimum absolute atomic E-state index is 0.0909. The van der Waals surface area contributed by atoms with Gasteiger partial charge in [0.05, 0.1) is 21.6 Å². The predicted octanol–water partition coefficient (Wildman–Crippen LogP) is 4.83. The molecule has 2 heterocycles. The summed E-state index contributed by atoms with van der Waals surface area (Å²) < 4.78 is 42.0. The van der Waals surface area contributed by atoms with E-state index in [-0.39, 0.29) is 22.4 Å². The maximum atomic E-state index is 14.0. The molecule has 0 radical (unpaired) electrons. The number of anilines is 1. The number of likely N-dealkylation sites (tertiary alicyclic amines) is 1. The number of sulfonamides is 1. The van der Waals surface area contributed by atoms with Crippen LogP contribution in [-0.2, 0) is 10.0 Å². The number of aromatic nitrogens is 2. The second-order valence-electron chi connectivity index (χ2n) is 8.77. The highest BCUT2D eigenvalue weighted by Gasteiger charge is 2.28. The molecule has 1 amide bonds. The number of para-hydroxylation sites is 3. The van der Waals surface area contributed by atoms with Gasteiger partial charge in [0.25, 0.3) is 15.9 Å². The Balaban J connectivity index is 1.31. The van der Waals surface area contributed by atoms with Crippen molar-refractivity contribution in [2.45, 2.75) is 30.6 Å². The van der Waals surface area contributed by atoms with Gasteiger partial charge in [0.15, 0.2) is 0 Å². The third kappa shape index (κ3) is 4.64. The molecular formula is C26H25FN4O3S. The molecule has 1 saturated heterocycles. The summed E-state index contributed by atoms with van der Waals surface area (Å²) in [5.41, 5.74) is 2.79. The Bertz CT molecular complexity index is 1480. The molecule has 180 valence electrons. The Labute approximate surface area is 203 Å². The van der Waals surface area contributed by atoms with Crippen LogP contribution in [0.2, 0.25) is 0 Å². The summed E-state index contributed by atoms with van der Waals surface area (Å²) >= 11 is 0. The number of aryl methyl sites for hydroxylation is 1. The number of nitrogens with one attached hydrogen (secondary N) is 2. The molecule has 1 aliphatic rings. The maximum Gasteiger partial charge on any atom is 0.262 e. The number of benzene rings is 3. The van der Waals surface area contributed by atoms with Gasteiger partial charge in [-0.1, -0.05) is 30.3 Å². The number of H-pyrrole nitrogens is 1. The number of imidazole rings is 1. The molecule has 1 fully saturated rings. The molecule has 5 rings (SSSR count). The molecule has 0 atom stereocenters. The predicted molar refractivity (Wildman–Crippen MR) is 132 cm³/mol. The van der Waals surface area contributed by atoms with Crippen LogP contribution in [-0.4, -0.2) is 42.3 Å². The molecule has 0 spiro atoms. The molecule has 0 saturated carbocycles.